The van der Waals surface area contributed by atoms with Crippen molar-refractivity contribution in [2.24, 2.45) is 5.92 Å². The summed E-state index contributed by atoms with van der Waals surface area (Å²) in [6, 6.07) is 14.9. The van der Waals surface area contributed by atoms with E-state index in [1.54, 1.807) is 12.1 Å². The van der Waals surface area contributed by atoms with Crippen LogP contribution in [0.15, 0.2) is 54.7 Å². The lowest BCUT2D eigenvalue weighted by atomic mass is 9.95. The molecule has 4 N–H and O–H groups in total. The van der Waals surface area contributed by atoms with Crippen molar-refractivity contribution in [3.8, 4) is 0 Å². The summed E-state index contributed by atoms with van der Waals surface area (Å²) < 4.78 is 0. The van der Waals surface area contributed by atoms with Crippen LogP contribution in [0.1, 0.15) is 55.3 Å². The Morgan fingerprint density at radius 1 is 0.861 bits per heavy atom. The van der Waals surface area contributed by atoms with E-state index < -0.39 is 0 Å². The number of carbonyl (C=O) groups is 2. The van der Waals surface area contributed by atoms with Crippen molar-refractivity contribution in [3.63, 3.8) is 0 Å². The molecule has 2 amide bonds. The molecule has 0 unspecified atom stereocenters. The molecule has 0 spiro atoms. The second kappa shape index (κ2) is 11.0. The molecule has 36 heavy (non-hydrogen) atoms. The Morgan fingerprint density at radius 3 is 2.31 bits per heavy atom. The first-order valence-corrected chi connectivity index (χ1v) is 12.8. The van der Waals surface area contributed by atoms with Crippen LogP contribution in [0.4, 0.5) is 28.8 Å². The van der Waals surface area contributed by atoms with Gasteiger partial charge in [0, 0.05) is 23.2 Å². The molecule has 2 aromatic carbocycles. The molecular weight excluding hydrogens is 476 g/mol. The summed E-state index contributed by atoms with van der Waals surface area (Å²) in [5, 5.41) is 12.8. The molecule has 0 aliphatic heterocycles. The van der Waals surface area contributed by atoms with Gasteiger partial charge >= 0.3 is 0 Å². The molecular formula is C27H29ClN6O2. The molecule has 0 saturated heterocycles. The van der Waals surface area contributed by atoms with Gasteiger partial charge in [0.2, 0.25) is 11.9 Å². The summed E-state index contributed by atoms with van der Waals surface area (Å²) in [4.78, 5) is 33.6. The van der Waals surface area contributed by atoms with Gasteiger partial charge in [-0.3, -0.25) is 9.59 Å². The summed E-state index contributed by atoms with van der Waals surface area (Å²) in [7, 11) is 0. The maximum Gasteiger partial charge on any atom is 0.251 e. The van der Waals surface area contributed by atoms with Crippen LogP contribution in [0, 0.1) is 5.92 Å². The fourth-order valence-corrected chi connectivity index (χ4v) is 4.41. The third kappa shape index (κ3) is 6.12. The zero-order valence-electron chi connectivity index (χ0n) is 19.9. The van der Waals surface area contributed by atoms with Crippen LogP contribution in [-0.4, -0.2) is 27.8 Å². The predicted molar refractivity (Wildman–Crippen MR) is 142 cm³/mol. The number of carbonyl (C=O) groups excluding carboxylic acids is 2. The number of nitrogens with zero attached hydrogens (tertiary/aromatic N) is 2. The summed E-state index contributed by atoms with van der Waals surface area (Å²) in [6.45, 7) is 0. The summed E-state index contributed by atoms with van der Waals surface area (Å²) >= 11 is 6.36. The van der Waals surface area contributed by atoms with Crippen LogP contribution in [0.25, 0.3) is 0 Å². The Hall–Kier alpha value is -3.65. The number of hydrogen-bond acceptors (Lipinski definition) is 6. The molecule has 2 fully saturated rings. The van der Waals surface area contributed by atoms with E-state index in [9.17, 15) is 9.59 Å². The lowest BCUT2D eigenvalue weighted by molar-refractivity contribution is -0.117. The van der Waals surface area contributed by atoms with Gasteiger partial charge in [0.15, 0.2) is 5.82 Å². The number of anilines is 5. The maximum atomic E-state index is 12.6. The van der Waals surface area contributed by atoms with E-state index in [0.717, 1.165) is 31.4 Å². The Morgan fingerprint density at radius 2 is 1.58 bits per heavy atom. The third-order valence-electron chi connectivity index (χ3n) is 6.47. The van der Waals surface area contributed by atoms with Gasteiger partial charge in [-0.2, -0.15) is 4.98 Å². The lowest BCUT2D eigenvalue weighted by Crippen LogP contribution is -2.36. The Bertz CT molecular complexity index is 1240. The highest BCUT2D eigenvalue weighted by Gasteiger charge is 2.30. The van der Waals surface area contributed by atoms with Crippen molar-refractivity contribution in [3.05, 3.63) is 65.3 Å². The number of amides is 2. The second-order valence-corrected chi connectivity index (χ2v) is 9.74. The van der Waals surface area contributed by atoms with Crippen LogP contribution >= 0.6 is 11.6 Å². The molecule has 1 heterocycles. The summed E-state index contributed by atoms with van der Waals surface area (Å²) in [6.07, 6.45) is 9.07. The molecule has 2 aliphatic rings. The minimum absolute atomic E-state index is 0.0243. The van der Waals surface area contributed by atoms with E-state index in [1.165, 1.54) is 25.5 Å². The second-order valence-electron chi connectivity index (χ2n) is 9.34. The molecule has 5 rings (SSSR count). The Labute approximate surface area is 215 Å². The minimum Gasteiger partial charge on any atom is -0.349 e. The SMILES string of the molecule is O=C(NC1CCCCC1)c1ccc(Nc2ncc(Cl)c(Nc3ccccc3NC(=O)C3CC3)n2)cc1. The van der Waals surface area contributed by atoms with Gasteiger partial charge in [0.1, 0.15) is 5.02 Å². The van der Waals surface area contributed by atoms with Crippen LogP contribution in [0.2, 0.25) is 5.02 Å². The highest BCUT2D eigenvalue weighted by molar-refractivity contribution is 6.33. The van der Waals surface area contributed by atoms with E-state index in [0.29, 0.717) is 33.7 Å². The zero-order valence-corrected chi connectivity index (χ0v) is 20.6. The van der Waals surface area contributed by atoms with Crippen molar-refractivity contribution in [1.82, 2.24) is 15.3 Å². The largest absolute Gasteiger partial charge is 0.349 e. The van der Waals surface area contributed by atoms with Gasteiger partial charge in [-0.15, -0.1) is 0 Å². The van der Waals surface area contributed by atoms with Crippen LogP contribution in [-0.2, 0) is 4.79 Å². The molecule has 2 saturated carbocycles. The molecule has 2 aliphatic carbocycles. The van der Waals surface area contributed by atoms with E-state index in [1.807, 2.05) is 36.4 Å². The minimum atomic E-state index is -0.0462. The number of hydrogen-bond donors (Lipinski definition) is 4. The lowest BCUT2D eigenvalue weighted by Gasteiger charge is -2.22. The van der Waals surface area contributed by atoms with Crippen molar-refractivity contribution in [1.29, 1.82) is 0 Å². The highest BCUT2D eigenvalue weighted by atomic mass is 35.5. The Balaban J connectivity index is 1.24. The fraction of sp³-hybridized carbons (Fsp3) is 0.333. The van der Waals surface area contributed by atoms with Crippen molar-refractivity contribution >= 4 is 52.2 Å². The molecule has 186 valence electrons. The fourth-order valence-electron chi connectivity index (χ4n) is 4.27. The highest BCUT2D eigenvalue weighted by Crippen LogP contribution is 2.33. The van der Waals surface area contributed by atoms with Gasteiger partial charge < -0.3 is 21.3 Å². The first-order valence-electron chi connectivity index (χ1n) is 12.4. The topological polar surface area (TPSA) is 108 Å². The average molecular weight is 505 g/mol. The van der Waals surface area contributed by atoms with Gasteiger partial charge in [-0.1, -0.05) is 43.0 Å². The molecule has 0 bridgehead atoms. The van der Waals surface area contributed by atoms with E-state index in [-0.39, 0.29) is 23.8 Å². The molecule has 0 radical (unpaired) electrons. The third-order valence-corrected chi connectivity index (χ3v) is 6.75. The maximum absolute atomic E-state index is 12.6. The Kier molecular flexibility index (Phi) is 7.32. The number of benzene rings is 2. The van der Waals surface area contributed by atoms with Gasteiger partial charge in [-0.25, -0.2) is 4.98 Å². The van der Waals surface area contributed by atoms with Crippen LogP contribution in [0.5, 0.6) is 0 Å². The monoisotopic (exact) mass is 504 g/mol. The number of halogens is 1. The van der Waals surface area contributed by atoms with Crippen LogP contribution < -0.4 is 21.3 Å². The molecule has 3 aromatic rings. The van der Waals surface area contributed by atoms with E-state index in [2.05, 4.69) is 31.2 Å². The standard InChI is InChI=1S/C27H29ClN6O2/c28-21-16-29-27(31-20-14-12-18(13-15-20)25(35)30-19-6-2-1-3-7-19)34-24(21)32-22-8-4-5-9-23(22)33-26(36)17-10-11-17/h4-5,8-9,12-17,19H,1-3,6-7,10-11H2,(H,30,35)(H,33,36)(H2,29,31,32,34). The normalized spacial score (nSPS) is 15.7. The van der Waals surface area contributed by atoms with Gasteiger partial charge in [-0.05, 0) is 62.1 Å². The predicted octanol–water partition coefficient (Wildman–Crippen LogP) is 6.03. The van der Waals surface area contributed by atoms with Crippen molar-refractivity contribution in [2.75, 3.05) is 16.0 Å². The van der Waals surface area contributed by atoms with Crippen molar-refractivity contribution < 1.29 is 9.59 Å². The van der Waals surface area contributed by atoms with Gasteiger partial charge in [0.25, 0.3) is 5.91 Å². The number of nitrogens with one attached hydrogen (secondary N) is 4. The molecule has 8 nitrogen and oxygen atoms in total. The number of rotatable bonds is 8. The zero-order chi connectivity index (χ0) is 24.9. The van der Waals surface area contributed by atoms with Gasteiger partial charge in [0.05, 0.1) is 17.6 Å². The first-order chi connectivity index (χ1) is 17.5. The number of aromatic nitrogens is 2. The summed E-state index contributed by atoms with van der Waals surface area (Å²) in [5.41, 5.74) is 2.72. The van der Waals surface area contributed by atoms with Crippen LogP contribution in [0.3, 0.4) is 0 Å². The summed E-state index contributed by atoms with van der Waals surface area (Å²) in [5.74, 6) is 0.833. The van der Waals surface area contributed by atoms with Crippen molar-refractivity contribution in [2.45, 2.75) is 51.0 Å². The quantitative estimate of drug-likeness (QED) is 0.298. The molecule has 9 heteroatoms. The average Bonchev–Trinajstić information content (AvgIpc) is 3.74. The molecule has 0 atom stereocenters. The number of para-hydroxylation sites is 2. The molecule has 1 aromatic heterocycles. The smallest absolute Gasteiger partial charge is 0.251 e. The van der Waals surface area contributed by atoms with E-state index >= 15 is 0 Å². The van der Waals surface area contributed by atoms with E-state index in [4.69, 9.17) is 11.6 Å². The first kappa shape index (κ1) is 24.1.